The highest BCUT2D eigenvalue weighted by Crippen LogP contribution is 2.18. The van der Waals surface area contributed by atoms with Gasteiger partial charge in [0.1, 0.15) is 5.75 Å². The molecular formula is C18H18INO4. The molecule has 126 valence electrons. The van der Waals surface area contributed by atoms with Gasteiger partial charge in [-0.2, -0.15) is 0 Å². The van der Waals surface area contributed by atoms with E-state index in [4.69, 9.17) is 9.47 Å². The van der Waals surface area contributed by atoms with Gasteiger partial charge in [0.25, 0.3) is 5.91 Å². The van der Waals surface area contributed by atoms with Crippen molar-refractivity contribution in [1.29, 1.82) is 0 Å². The first kappa shape index (κ1) is 18.3. The number of amides is 1. The Balaban J connectivity index is 1.77. The van der Waals surface area contributed by atoms with Crippen molar-refractivity contribution in [3.8, 4) is 5.75 Å². The van der Waals surface area contributed by atoms with Crippen molar-refractivity contribution in [3.05, 3.63) is 57.7 Å². The van der Waals surface area contributed by atoms with Crippen LogP contribution in [0.25, 0.3) is 0 Å². The molecule has 1 N–H and O–H groups in total. The summed E-state index contributed by atoms with van der Waals surface area (Å²) >= 11 is 2.12. The Hall–Kier alpha value is -2.09. The second-order valence-electron chi connectivity index (χ2n) is 4.94. The summed E-state index contributed by atoms with van der Waals surface area (Å²) in [5.74, 6) is -0.319. The van der Waals surface area contributed by atoms with E-state index in [1.165, 1.54) is 0 Å². The first-order valence-electron chi connectivity index (χ1n) is 7.51. The van der Waals surface area contributed by atoms with E-state index in [0.717, 1.165) is 15.6 Å². The lowest BCUT2D eigenvalue weighted by Crippen LogP contribution is -2.24. The first-order valence-corrected chi connectivity index (χ1v) is 8.58. The topological polar surface area (TPSA) is 64.6 Å². The molecule has 6 heteroatoms. The van der Waals surface area contributed by atoms with Gasteiger partial charge in [-0.15, -0.1) is 0 Å². The Morgan fingerprint density at radius 2 is 1.75 bits per heavy atom. The summed E-state index contributed by atoms with van der Waals surface area (Å²) in [7, 11) is 0. The van der Waals surface area contributed by atoms with E-state index in [-0.39, 0.29) is 19.1 Å². The molecule has 0 unspecified atom stereocenters. The van der Waals surface area contributed by atoms with Crippen LogP contribution in [0.4, 0.5) is 5.69 Å². The summed E-state index contributed by atoms with van der Waals surface area (Å²) in [5.41, 5.74) is 1.70. The number of carbonyl (C=O) groups is 2. The summed E-state index contributed by atoms with van der Waals surface area (Å²) in [6.07, 6.45) is 0.809. The van der Waals surface area contributed by atoms with Gasteiger partial charge in [-0.3, -0.25) is 4.79 Å². The van der Waals surface area contributed by atoms with Gasteiger partial charge in [-0.25, -0.2) is 4.79 Å². The van der Waals surface area contributed by atoms with E-state index >= 15 is 0 Å². The van der Waals surface area contributed by atoms with Gasteiger partial charge in [0.05, 0.1) is 5.69 Å². The van der Waals surface area contributed by atoms with E-state index in [9.17, 15) is 9.59 Å². The zero-order chi connectivity index (χ0) is 17.4. The number of aryl methyl sites for hydroxylation is 1. The van der Waals surface area contributed by atoms with Crippen LogP contribution in [-0.2, 0) is 20.7 Å². The Bertz CT molecular complexity index is 718. The molecule has 0 aliphatic rings. The minimum atomic E-state index is -0.584. The third-order valence-electron chi connectivity index (χ3n) is 3.21. The second-order valence-corrected chi connectivity index (χ2v) is 6.10. The fraction of sp³-hybridized carbons (Fsp3) is 0.222. The highest BCUT2D eigenvalue weighted by Gasteiger charge is 2.10. The fourth-order valence-electron chi connectivity index (χ4n) is 2.01. The van der Waals surface area contributed by atoms with Crippen LogP contribution in [-0.4, -0.2) is 25.1 Å². The van der Waals surface area contributed by atoms with E-state index in [2.05, 4.69) is 27.9 Å². The van der Waals surface area contributed by atoms with Gasteiger partial charge in [-0.05, 0) is 52.8 Å². The van der Waals surface area contributed by atoms with Crippen molar-refractivity contribution in [2.45, 2.75) is 13.3 Å². The van der Waals surface area contributed by atoms with E-state index < -0.39 is 5.97 Å². The Labute approximate surface area is 154 Å². The molecule has 0 spiro atoms. The monoisotopic (exact) mass is 439 g/mol. The molecule has 0 radical (unpaired) electrons. The number of para-hydroxylation sites is 2. The number of hydrogen-bond donors (Lipinski definition) is 1. The lowest BCUT2D eigenvalue weighted by atomic mass is 10.1. The smallest absolute Gasteiger partial charge is 0.344 e. The summed E-state index contributed by atoms with van der Waals surface area (Å²) in [6.45, 7) is 1.44. The number of nitrogens with one attached hydrogen (secondary N) is 1. The Kier molecular flexibility index (Phi) is 7.05. The van der Waals surface area contributed by atoms with Crippen LogP contribution >= 0.6 is 22.6 Å². The van der Waals surface area contributed by atoms with E-state index in [0.29, 0.717) is 11.4 Å². The summed E-state index contributed by atoms with van der Waals surface area (Å²) < 4.78 is 11.3. The van der Waals surface area contributed by atoms with Gasteiger partial charge >= 0.3 is 5.97 Å². The third-order valence-corrected chi connectivity index (χ3v) is 4.15. The molecule has 2 rings (SSSR count). The normalized spacial score (nSPS) is 10.1. The van der Waals surface area contributed by atoms with E-state index in [1.807, 2.05) is 43.3 Å². The van der Waals surface area contributed by atoms with Gasteiger partial charge in [0.15, 0.2) is 13.2 Å². The van der Waals surface area contributed by atoms with Crippen molar-refractivity contribution in [2.75, 3.05) is 18.5 Å². The zero-order valence-electron chi connectivity index (χ0n) is 13.3. The number of anilines is 1. The molecule has 0 saturated heterocycles. The SMILES string of the molecule is CCc1ccccc1OCC(=O)OCC(=O)Nc1ccccc1I. The molecule has 0 aliphatic heterocycles. The Morgan fingerprint density at radius 3 is 2.50 bits per heavy atom. The van der Waals surface area contributed by atoms with Crippen molar-refractivity contribution < 1.29 is 19.1 Å². The molecule has 2 aromatic rings. The van der Waals surface area contributed by atoms with Crippen LogP contribution < -0.4 is 10.1 Å². The number of esters is 1. The number of carbonyl (C=O) groups excluding carboxylic acids is 2. The molecule has 0 aromatic heterocycles. The molecule has 0 saturated carbocycles. The highest BCUT2D eigenvalue weighted by molar-refractivity contribution is 14.1. The maximum atomic E-state index is 11.8. The molecule has 2 aromatic carbocycles. The lowest BCUT2D eigenvalue weighted by molar-refractivity contribution is -0.149. The lowest BCUT2D eigenvalue weighted by Gasteiger charge is -2.10. The number of rotatable bonds is 7. The van der Waals surface area contributed by atoms with Gasteiger partial charge in [-0.1, -0.05) is 37.3 Å². The summed E-state index contributed by atoms with van der Waals surface area (Å²) in [6, 6.07) is 14.9. The van der Waals surface area contributed by atoms with Crippen LogP contribution in [0.3, 0.4) is 0 Å². The van der Waals surface area contributed by atoms with Crippen LogP contribution in [0.1, 0.15) is 12.5 Å². The number of hydrogen-bond acceptors (Lipinski definition) is 4. The average molecular weight is 439 g/mol. The third kappa shape index (κ3) is 5.52. The first-order chi connectivity index (χ1) is 11.6. The number of ether oxygens (including phenoxy) is 2. The molecule has 0 aliphatic carbocycles. The predicted molar refractivity (Wildman–Crippen MR) is 100 cm³/mol. The van der Waals surface area contributed by atoms with Crippen LogP contribution in [0.15, 0.2) is 48.5 Å². The maximum absolute atomic E-state index is 11.8. The van der Waals surface area contributed by atoms with Crippen LogP contribution in [0.5, 0.6) is 5.75 Å². The Morgan fingerprint density at radius 1 is 1.04 bits per heavy atom. The maximum Gasteiger partial charge on any atom is 0.344 e. The second kappa shape index (κ2) is 9.27. The summed E-state index contributed by atoms with van der Waals surface area (Å²) in [5, 5.41) is 2.69. The largest absolute Gasteiger partial charge is 0.482 e. The minimum Gasteiger partial charge on any atom is -0.482 e. The number of benzene rings is 2. The van der Waals surface area contributed by atoms with Crippen molar-refractivity contribution in [3.63, 3.8) is 0 Å². The zero-order valence-corrected chi connectivity index (χ0v) is 15.4. The van der Waals surface area contributed by atoms with Crippen LogP contribution in [0, 0.1) is 3.57 Å². The van der Waals surface area contributed by atoms with Gasteiger partial charge in [0.2, 0.25) is 0 Å². The molecule has 5 nitrogen and oxygen atoms in total. The predicted octanol–water partition coefficient (Wildman–Crippen LogP) is 3.41. The molecule has 0 bridgehead atoms. The fourth-order valence-corrected chi connectivity index (χ4v) is 2.53. The van der Waals surface area contributed by atoms with Crippen LogP contribution in [0.2, 0.25) is 0 Å². The van der Waals surface area contributed by atoms with Gasteiger partial charge < -0.3 is 14.8 Å². The molecule has 0 heterocycles. The molecular weight excluding hydrogens is 421 g/mol. The molecule has 0 fully saturated rings. The number of halogens is 1. The highest BCUT2D eigenvalue weighted by atomic mass is 127. The molecule has 1 amide bonds. The van der Waals surface area contributed by atoms with Crippen molar-refractivity contribution >= 4 is 40.2 Å². The molecule has 24 heavy (non-hydrogen) atoms. The molecule has 0 atom stereocenters. The van der Waals surface area contributed by atoms with Crippen molar-refractivity contribution in [2.24, 2.45) is 0 Å². The quantitative estimate of drug-likeness (QED) is 0.531. The van der Waals surface area contributed by atoms with Gasteiger partial charge in [0, 0.05) is 3.57 Å². The standard InChI is InChI=1S/C18H18INO4/c1-2-13-7-3-6-10-16(13)23-12-18(22)24-11-17(21)20-15-9-5-4-8-14(15)19/h3-10H,2,11-12H2,1H3,(H,20,21). The average Bonchev–Trinajstić information content (AvgIpc) is 2.60. The van der Waals surface area contributed by atoms with E-state index in [1.54, 1.807) is 12.1 Å². The van der Waals surface area contributed by atoms with Crippen molar-refractivity contribution in [1.82, 2.24) is 0 Å². The minimum absolute atomic E-state index is 0.229. The summed E-state index contributed by atoms with van der Waals surface area (Å²) in [4.78, 5) is 23.5.